The summed E-state index contributed by atoms with van der Waals surface area (Å²) in [6, 6.07) is 24.1. The van der Waals surface area contributed by atoms with Crippen molar-refractivity contribution in [3.8, 4) is 11.3 Å². The van der Waals surface area contributed by atoms with E-state index in [0.29, 0.717) is 34.2 Å². The second kappa shape index (κ2) is 11.0. The monoisotopic (exact) mass is 541 g/mol. The van der Waals surface area contributed by atoms with E-state index in [1.54, 1.807) is 22.8 Å². The largest absolute Gasteiger partial charge is 0.366 e. The Labute approximate surface area is 228 Å². The first-order chi connectivity index (χ1) is 18.3. The van der Waals surface area contributed by atoms with Crippen LogP contribution in [-0.4, -0.2) is 30.9 Å². The summed E-state index contributed by atoms with van der Waals surface area (Å²) in [6.45, 7) is 2.74. The molecule has 0 aliphatic heterocycles. The molecule has 0 bridgehead atoms. The maximum atomic E-state index is 12.6. The molecule has 38 heavy (non-hydrogen) atoms. The van der Waals surface area contributed by atoms with Gasteiger partial charge in [0.2, 0.25) is 10.0 Å². The number of benzene rings is 3. The lowest BCUT2D eigenvalue weighted by Crippen LogP contribution is -2.23. The Bertz CT molecular complexity index is 1690. The predicted molar refractivity (Wildman–Crippen MR) is 152 cm³/mol. The molecule has 0 fully saturated rings. The van der Waals surface area contributed by atoms with Crippen molar-refractivity contribution in [3.63, 3.8) is 0 Å². The lowest BCUT2D eigenvalue weighted by Gasteiger charge is -2.12. The Balaban J connectivity index is 1.28. The molecule has 0 aliphatic carbocycles. The smallest absolute Gasteiger partial charge is 0.240 e. The first kappa shape index (κ1) is 26.0. The molecule has 0 unspecified atom stereocenters. The van der Waals surface area contributed by atoms with E-state index in [4.69, 9.17) is 19.4 Å². The number of rotatable bonds is 9. The highest BCUT2D eigenvalue weighted by Crippen LogP contribution is 2.28. The van der Waals surface area contributed by atoms with Crippen LogP contribution in [0.5, 0.6) is 0 Å². The van der Waals surface area contributed by atoms with Gasteiger partial charge in [-0.1, -0.05) is 73.1 Å². The van der Waals surface area contributed by atoms with E-state index in [2.05, 4.69) is 20.1 Å². The number of nitrogens with zero attached hydrogens (tertiary/aromatic N) is 3. The molecule has 10 heteroatoms. The van der Waals surface area contributed by atoms with Crippen LogP contribution in [0, 0.1) is 0 Å². The van der Waals surface area contributed by atoms with Gasteiger partial charge in [0.25, 0.3) is 0 Å². The zero-order valence-corrected chi connectivity index (χ0v) is 22.3. The lowest BCUT2D eigenvalue weighted by molar-refractivity contribution is 0.581. The fraction of sp³-hybridized carbons (Fsp3) is 0.143. The Kier molecular flexibility index (Phi) is 7.51. The number of aromatic nitrogens is 3. The first-order valence-corrected chi connectivity index (χ1v) is 14.0. The van der Waals surface area contributed by atoms with Gasteiger partial charge in [-0.25, -0.2) is 18.1 Å². The van der Waals surface area contributed by atoms with Crippen LogP contribution < -0.4 is 15.5 Å². The van der Waals surface area contributed by atoms with Crippen LogP contribution in [-0.2, 0) is 29.5 Å². The van der Waals surface area contributed by atoms with Crippen LogP contribution in [0.1, 0.15) is 23.6 Å². The number of hydrogen-bond acceptors (Lipinski definition) is 5. The minimum atomic E-state index is -3.59. The van der Waals surface area contributed by atoms with E-state index in [0.717, 1.165) is 28.7 Å². The summed E-state index contributed by atoms with van der Waals surface area (Å²) in [4.78, 5) is 4.92. The highest BCUT2D eigenvalue weighted by molar-refractivity contribution is 7.89. The molecule has 2 radical (unpaired) electrons. The summed E-state index contributed by atoms with van der Waals surface area (Å²) in [5.41, 5.74) is 5.45. The van der Waals surface area contributed by atoms with E-state index < -0.39 is 10.0 Å². The fourth-order valence-electron chi connectivity index (χ4n) is 4.05. The molecule has 5 aromatic rings. The number of fused-ring (bicyclic) bond motifs is 1. The highest BCUT2D eigenvalue weighted by Gasteiger charge is 2.14. The third-order valence-corrected chi connectivity index (χ3v) is 8.00. The van der Waals surface area contributed by atoms with Gasteiger partial charge in [0, 0.05) is 35.9 Å². The topological polar surface area (TPSA) is 88.4 Å². The first-order valence-electron chi connectivity index (χ1n) is 12.1. The normalized spacial score (nSPS) is 11.6. The predicted octanol–water partition coefficient (Wildman–Crippen LogP) is 4.50. The molecular weight excluding hydrogens is 517 g/mol. The molecule has 2 N–H and O–H groups in total. The minimum Gasteiger partial charge on any atom is -0.366 e. The van der Waals surface area contributed by atoms with Gasteiger partial charge >= 0.3 is 0 Å². The van der Waals surface area contributed by atoms with E-state index >= 15 is 0 Å². The van der Waals surface area contributed by atoms with Crippen molar-refractivity contribution >= 4 is 46.4 Å². The average molecular weight is 542 g/mol. The molecule has 0 spiro atoms. The van der Waals surface area contributed by atoms with Gasteiger partial charge in [0.15, 0.2) is 5.65 Å². The Morgan fingerprint density at radius 2 is 1.58 bits per heavy atom. The second-order valence-electron chi connectivity index (χ2n) is 8.83. The van der Waals surface area contributed by atoms with Crippen LogP contribution in [0.25, 0.3) is 16.9 Å². The van der Waals surface area contributed by atoms with Gasteiger partial charge in [0.1, 0.15) is 13.7 Å². The van der Waals surface area contributed by atoms with Crippen molar-refractivity contribution in [1.29, 1.82) is 0 Å². The Morgan fingerprint density at radius 3 is 2.26 bits per heavy atom. The van der Waals surface area contributed by atoms with E-state index in [9.17, 15) is 8.42 Å². The van der Waals surface area contributed by atoms with Gasteiger partial charge in [-0.05, 0) is 46.8 Å². The van der Waals surface area contributed by atoms with Gasteiger partial charge in [-0.3, -0.25) is 0 Å². The van der Waals surface area contributed by atoms with Crippen LogP contribution >= 0.6 is 11.6 Å². The number of nitrogens with one attached hydrogen (secondary N) is 2. The van der Waals surface area contributed by atoms with Crippen LogP contribution in [0.3, 0.4) is 0 Å². The maximum absolute atomic E-state index is 12.6. The van der Waals surface area contributed by atoms with Crippen LogP contribution in [0.4, 0.5) is 5.82 Å². The number of halogens is 1. The summed E-state index contributed by atoms with van der Waals surface area (Å²) in [5.74, 6) is 0.715. The molecule has 5 rings (SSSR count). The molecule has 0 saturated heterocycles. The molecule has 0 atom stereocenters. The maximum Gasteiger partial charge on any atom is 0.240 e. The molecular formula is C28H25BClN5O2S. The Hall–Kier alpha value is -3.66. The zero-order valence-electron chi connectivity index (χ0n) is 20.7. The summed E-state index contributed by atoms with van der Waals surface area (Å²) < 4.78 is 29.6. The highest BCUT2D eigenvalue weighted by atomic mass is 35.5. The SMILES string of the molecule is [B]c1cnn2c(NCc3ccc(CNS(=O)(=O)c4ccc(CC)cc4)cc3)cc(-c3ccccc3Cl)nc12. The lowest BCUT2D eigenvalue weighted by atomic mass is 10.0. The molecule has 3 aromatic carbocycles. The molecule has 7 nitrogen and oxygen atoms in total. The second-order valence-corrected chi connectivity index (χ2v) is 11.0. The van der Waals surface area contributed by atoms with Gasteiger partial charge < -0.3 is 5.32 Å². The van der Waals surface area contributed by atoms with Crippen molar-refractivity contribution < 1.29 is 8.42 Å². The number of aryl methyl sites for hydroxylation is 1. The van der Waals surface area contributed by atoms with E-state index in [1.807, 2.05) is 73.7 Å². The number of hydrogen-bond donors (Lipinski definition) is 2. The van der Waals surface area contributed by atoms with Gasteiger partial charge in [-0.2, -0.15) is 9.61 Å². The number of sulfonamides is 1. The van der Waals surface area contributed by atoms with Crippen molar-refractivity contribution in [1.82, 2.24) is 19.3 Å². The summed E-state index contributed by atoms with van der Waals surface area (Å²) >= 11 is 6.41. The Morgan fingerprint density at radius 1 is 0.921 bits per heavy atom. The van der Waals surface area contributed by atoms with E-state index in [-0.39, 0.29) is 11.4 Å². The third kappa shape index (κ3) is 5.60. The zero-order chi connectivity index (χ0) is 26.7. The standard InChI is InChI=1S/C28H25BClN5O2S/c1-2-19-11-13-22(14-12-19)38(36,37)33-17-21-9-7-20(8-10-21)16-31-27-15-26(23-5-3-4-6-25(23)30)34-28-24(29)18-32-35(27)28/h3-15,18,31,33H,2,16-17H2,1H3. The molecule has 0 saturated carbocycles. The van der Waals surface area contributed by atoms with Crippen molar-refractivity contribution in [3.05, 3.63) is 107 Å². The quantitative estimate of drug-likeness (QED) is 0.268. The minimum absolute atomic E-state index is 0.199. The molecule has 2 aromatic heterocycles. The van der Waals surface area contributed by atoms with Crippen LogP contribution in [0.2, 0.25) is 5.02 Å². The van der Waals surface area contributed by atoms with E-state index in [1.165, 1.54) is 0 Å². The van der Waals surface area contributed by atoms with Gasteiger partial charge in [-0.15, -0.1) is 0 Å². The fourth-order valence-corrected chi connectivity index (χ4v) is 5.30. The molecule has 0 aliphatic rings. The molecule has 190 valence electrons. The summed E-state index contributed by atoms with van der Waals surface area (Å²) in [5, 5.41) is 8.35. The van der Waals surface area contributed by atoms with Gasteiger partial charge in [0.05, 0.1) is 10.6 Å². The van der Waals surface area contributed by atoms with Crippen LogP contribution in [0.15, 0.2) is 90.0 Å². The summed E-state index contributed by atoms with van der Waals surface area (Å²) in [7, 11) is 2.52. The molecule has 2 heterocycles. The number of anilines is 1. The van der Waals surface area contributed by atoms with Crippen molar-refractivity contribution in [2.24, 2.45) is 0 Å². The molecule has 0 amide bonds. The van der Waals surface area contributed by atoms with Crippen molar-refractivity contribution in [2.45, 2.75) is 31.3 Å². The average Bonchev–Trinajstić information content (AvgIpc) is 3.32. The van der Waals surface area contributed by atoms with Crippen molar-refractivity contribution in [2.75, 3.05) is 5.32 Å². The third-order valence-electron chi connectivity index (χ3n) is 6.25. The summed E-state index contributed by atoms with van der Waals surface area (Å²) in [6.07, 6.45) is 2.43.